The van der Waals surface area contributed by atoms with E-state index in [1.54, 1.807) is 12.1 Å². The van der Waals surface area contributed by atoms with Crippen molar-refractivity contribution in [3.8, 4) is 5.75 Å². The maximum absolute atomic E-state index is 11.9. The van der Waals surface area contributed by atoms with E-state index >= 15 is 0 Å². The Labute approximate surface area is 116 Å². The molecule has 4 N–H and O–H groups in total. The van der Waals surface area contributed by atoms with Crippen LogP contribution in [0.3, 0.4) is 0 Å². The van der Waals surface area contributed by atoms with Crippen molar-refractivity contribution in [2.24, 2.45) is 0 Å². The van der Waals surface area contributed by atoms with E-state index in [1.165, 1.54) is 12.1 Å². The van der Waals surface area contributed by atoms with Crippen LogP contribution < -0.4 is 10.6 Å². The van der Waals surface area contributed by atoms with E-state index in [-0.39, 0.29) is 24.1 Å². The van der Waals surface area contributed by atoms with Crippen molar-refractivity contribution in [3.05, 3.63) is 29.8 Å². The van der Waals surface area contributed by atoms with Crippen LogP contribution in [0.15, 0.2) is 24.3 Å². The molecule has 20 heavy (non-hydrogen) atoms. The third-order valence-electron chi connectivity index (χ3n) is 3.37. The predicted molar refractivity (Wildman–Crippen MR) is 72.4 cm³/mol. The molecular weight excluding hydrogens is 260 g/mol. The molecule has 0 aromatic heterocycles. The van der Waals surface area contributed by atoms with Crippen molar-refractivity contribution < 1.29 is 19.8 Å². The van der Waals surface area contributed by atoms with Crippen molar-refractivity contribution in [2.45, 2.75) is 31.3 Å². The number of carboxylic acids is 1. The topological polar surface area (TPSA) is 98.7 Å². The van der Waals surface area contributed by atoms with Gasteiger partial charge in [0.2, 0.25) is 5.91 Å². The largest absolute Gasteiger partial charge is 0.508 e. The molecule has 6 heteroatoms. The number of hydrogen-bond acceptors (Lipinski definition) is 4. The molecule has 6 nitrogen and oxygen atoms in total. The summed E-state index contributed by atoms with van der Waals surface area (Å²) in [5.41, 5.74) is 0.745. The Morgan fingerprint density at radius 2 is 2.05 bits per heavy atom. The molecule has 1 aromatic carbocycles. The van der Waals surface area contributed by atoms with Crippen LogP contribution in [0.5, 0.6) is 5.75 Å². The second kappa shape index (κ2) is 6.38. The number of amides is 1. The zero-order valence-electron chi connectivity index (χ0n) is 11.0. The molecule has 1 aliphatic heterocycles. The number of benzene rings is 1. The van der Waals surface area contributed by atoms with Gasteiger partial charge in [0.15, 0.2) is 0 Å². The molecule has 108 valence electrons. The third kappa shape index (κ3) is 3.71. The molecule has 1 aromatic rings. The van der Waals surface area contributed by atoms with Gasteiger partial charge in [0.1, 0.15) is 11.8 Å². The number of hydrogen-bond donors (Lipinski definition) is 4. The van der Waals surface area contributed by atoms with Gasteiger partial charge in [0, 0.05) is 6.42 Å². The van der Waals surface area contributed by atoms with Gasteiger partial charge in [-0.25, -0.2) is 4.79 Å². The molecule has 1 fully saturated rings. The van der Waals surface area contributed by atoms with Crippen LogP contribution in [-0.4, -0.2) is 40.7 Å². The first-order valence-electron chi connectivity index (χ1n) is 6.61. The Bertz CT molecular complexity index is 480. The van der Waals surface area contributed by atoms with E-state index in [4.69, 9.17) is 0 Å². The Morgan fingerprint density at radius 1 is 1.35 bits per heavy atom. The van der Waals surface area contributed by atoms with E-state index < -0.39 is 12.0 Å². The van der Waals surface area contributed by atoms with Gasteiger partial charge in [0.25, 0.3) is 0 Å². The van der Waals surface area contributed by atoms with Gasteiger partial charge in [-0.05, 0) is 37.1 Å². The molecular formula is C14H18N2O4. The van der Waals surface area contributed by atoms with E-state index in [0.717, 1.165) is 24.9 Å². The normalized spacial score (nSPS) is 19.5. The second-order valence-corrected chi connectivity index (χ2v) is 4.92. The minimum atomic E-state index is -1.07. The summed E-state index contributed by atoms with van der Waals surface area (Å²) in [5, 5.41) is 24.0. The van der Waals surface area contributed by atoms with Crippen molar-refractivity contribution in [2.75, 3.05) is 6.54 Å². The van der Waals surface area contributed by atoms with Gasteiger partial charge in [-0.3, -0.25) is 4.79 Å². The third-order valence-corrected chi connectivity index (χ3v) is 3.37. The lowest BCUT2D eigenvalue weighted by Gasteiger charge is -2.17. The summed E-state index contributed by atoms with van der Waals surface area (Å²) in [5.74, 6) is -1.21. The summed E-state index contributed by atoms with van der Waals surface area (Å²) in [6.07, 6.45) is 1.85. The van der Waals surface area contributed by atoms with E-state index in [1.807, 2.05) is 0 Å². The first-order valence-corrected chi connectivity index (χ1v) is 6.61. The van der Waals surface area contributed by atoms with Crippen LogP contribution in [0.1, 0.15) is 18.4 Å². The average molecular weight is 278 g/mol. The van der Waals surface area contributed by atoms with Crippen LogP contribution in [0.25, 0.3) is 0 Å². The average Bonchev–Trinajstić information content (AvgIpc) is 2.94. The smallest absolute Gasteiger partial charge is 0.326 e. The van der Waals surface area contributed by atoms with Gasteiger partial charge in [-0.1, -0.05) is 12.1 Å². The summed E-state index contributed by atoms with van der Waals surface area (Å²) in [6, 6.07) is 5.02. The second-order valence-electron chi connectivity index (χ2n) is 4.92. The quantitative estimate of drug-likeness (QED) is 0.619. The molecule has 2 rings (SSSR count). The van der Waals surface area contributed by atoms with Gasteiger partial charge in [-0.2, -0.15) is 0 Å². The molecule has 0 saturated carbocycles. The molecule has 1 aliphatic rings. The SMILES string of the molecule is O=C(N[C@@H](Cc1ccc(O)cc1)C(=O)O)C1CCCN1. The Balaban J connectivity index is 1.98. The summed E-state index contributed by atoms with van der Waals surface area (Å²) < 4.78 is 0. The predicted octanol–water partition coefficient (Wildman–Crippen LogP) is 0.256. The van der Waals surface area contributed by atoms with Crippen LogP contribution in [0.4, 0.5) is 0 Å². The zero-order valence-corrected chi connectivity index (χ0v) is 11.0. The van der Waals surface area contributed by atoms with Gasteiger partial charge in [0.05, 0.1) is 6.04 Å². The standard InChI is InChI=1S/C14H18N2O4/c17-10-5-3-9(4-6-10)8-12(14(19)20)16-13(18)11-2-1-7-15-11/h3-6,11-12,15,17H,1-2,7-8H2,(H,16,18)(H,19,20)/t11?,12-/m0/s1. The van der Waals surface area contributed by atoms with E-state index in [9.17, 15) is 19.8 Å². The van der Waals surface area contributed by atoms with E-state index in [0.29, 0.717) is 0 Å². The fourth-order valence-electron chi connectivity index (χ4n) is 2.25. The van der Waals surface area contributed by atoms with Crippen LogP contribution >= 0.6 is 0 Å². The monoisotopic (exact) mass is 278 g/mol. The van der Waals surface area contributed by atoms with Crippen molar-refractivity contribution >= 4 is 11.9 Å². The van der Waals surface area contributed by atoms with Crippen molar-refractivity contribution in [1.82, 2.24) is 10.6 Å². The maximum Gasteiger partial charge on any atom is 0.326 e. The zero-order chi connectivity index (χ0) is 14.5. The van der Waals surface area contributed by atoms with Crippen molar-refractivity contribution in [1.29, 1.82) is 0 Å². The summed E-state index contributed by atoms with van der Waals surface area (Å²) in [4.78, 5) is 23.2. The number of phenolic OH excluding ortho intramolecular Hbond substituents is 1. The first kappa shape index (κ1) is 14.3. The van der Waals surface area contributed by atoms with Crippen LogP contribution in [0, 0.1) is 0 Å². The highest BCUT2D eigenvalue weighted by molar-refractivity contribution is 5.87. The fraction of sp³-hybridized carbons (Fsp3) is 0.429. The molecule has 1 heterocycles. The molecule has 2 atom stereocenters. The maximum atomic E-state index is 11.9. The molecule has 0 aliphatic carbocycles. The minimum Gasteiger partial charge on any atom is -0.508 e. The molecule has 0 spiro atoms. The number of rotatable bonds is 5. The number of carbonyl (C=O) groups is 2. The van der Waals surface area contributed by atoms with Gasteiger partial charge >= 0.3 is 5.97 Å². The number of phenols is 1. The van der Waals surface area contributed by atoms with Crippen LogP contribution in [-0.2, 0) is 16.0 Å². The highest BCUT2D eigenvalue weighted by atomic mass is 16.4. The summed E-state index contributed by atoms with van der Waals surface area (Å²) in [6.45, 7) is 0.786. The fourth-order valence-corrected chi connectivity index (χ4v) is 2.25. The number of carbonyl (C=O) groups excluding carboxylic acids is 1. The molecule has 0 radical (unpaired) electrons. The molecule has 1 saturated heterocycles. The lowest BCUT2D eigenvalue weighted by molar-refractivity contribution is -0.142. The van der Waals surface area contributed by atoms with Gasteiger partial charge in [-0.15, -0.1) is 0 Å². The number of nitrogens with one attached hydrogen (secondary N) is 2. The number of aliphatic carboxylic acids is 1. The van der Waals surface area contributed by atoms with Crippen molar-refractivity contribution in [3.63, 3.8) is 0 Å². The summed E-state index contributed by atoms with van der Waals surface area (Å²) >= 11 is 0. The highest BCUT2D eigenvalue weighted by Crippen LogP contribution is 2.12. The van der Waals surface area contributed by atoms with Crippen LogP contribution in [0.2, 0.25) is 0 Å². The van der Waals surface area contributed by atoms with Gasteiger partial charge < -0.3 is 20.8 Å². The Kier molecular flexibility index (Phi) is 4.57. The lowest BCUT2D eigenvalue weighted by atomic mass is 10.1. The Hall–Kier alpha value is -2.08. The molecule has 1 unspecified atom stereocenters. The Morgan fingerprint density at radius 3 is 2.60 bits per heavy atom. The highest BCUT2D eigenvalue weighted by Gasteiger charge is 2.27. The molecule has 1 amide bonds. The first-order chi connectivity index (χ1) is 9.56. The molecule has 0 bridgehead atoms. The summed E-state index contributed by atoms with van der Waals surface area (Å²) in [7, 11) is 0. The lowest BCUT2D eigenvalue weighted by Crippen LogP contribution is -2.49. The van der Waals surface area contributed by atoms with E-state index in [2.05, 4.69) is 10.6 Å². The number of aromatic hydroxyl groups is 1. The number of carboxylic acid groups (broad SMARTS) is 1. The minimum absolute atomic E-state index is 0.125.